The van der Waals surface area contributed by atoms with Gasteiger partial charge in [-0.25, -0.2) is 17.5 Å². The molecule has 1 aliphatic rings. The quantitative estimate of drug-likeness (QED) is 0.553. The van der Waals surface area contributed by atoms with Crippen LogP contribution in [0.2, 0.25) is 0 Å². The molecule has 1 atom stereocenters. The van der Waals surface area contributed by atoms with E-state index in [0.717, 1.165) is 5.56 Å². The molecule has 0 spiro atoms. The smallest absolute Gasteiger partial charge is 0.288 e. The van der Waals surface area contributed by atoms with Crippen LogP contribution in [0.1, 0.15) is 12.0 Å². The van der Waals surface area contributed by atoms with Crippen molar-refractivity contribution < 1.29 is 17.2 Å². The number of nitrogens with zero attached hydrogens (tertiary/aromatic N) is 3. The number of rotatable bonds is 6. The third-order valence-electron chi connectivity index (χ3n) is 4.98. The molecule has 0 radical (unpaired) electrons. The molecule has 1 aliphatic heterocycles. The van der Waals surface area contributed by atoms with Crippen LogP contribution in [0.3, 0.4) is 0 Å². The zero-order chi connectivity index (χ0) is 20.4. The van der Waals surface area contributed by atoms with Crippen molar-refractivity contribution in [1.82, 2.24) is 14.7 Å². The van der Waals surface area contributed by atoms with E-state index in [4.69, 9.17) is 16.6 Å². The Balaban J connectivity index is 1.62. The molecule has 0 saturated carbocycles. The molecular formula is C20H20FN3O3S2. The molecule has 2 heterocycles. The van der Waals surface area contributed by atoms with Crippen LogP contribution in [-0.2, 0) is 23.1 Å². The van der Waals surface area contributed by atoms with Gasteiger partial charge in [-0.2, -0.15) is 0 Å². The first kappa shape index (κ1) is 19.9. The summed E-state index contributed by atoms with van der Waals surface area (Å²) < 4.78 is 45.1. The van der Waals surface area contributed by atoms with Crippen molar-refractivity contribution in [3.8, 4) is 11.5 Å². The van der Waals surface area contributed by atoms with E-state index in [1.165, 1.54) is 10.7 Å². The van der Waals surface area contributed by atoms with E-state index in [1.807, 2.05) is 35.2 Å². The Labute approximate surface area is 173 Å². The highest BCUT2D eigenvalue weighted by molar-refractivity contribution is 7.91. The highest BCUT2D eigenvalue weighted by atomic mass is 32.2. The van der Waals surface area contributed by atoms with Gasteiger partial charge in [0.15, 0.2) is 9.84 Å². The van der Waals surface area contributed by atoms with Crippen LogP contribution in [0.15, 0.2) is 59.0 Å². The molecule has 2 aromatic carbocycles. The average molecular weight is 434 g/mol. The van der Waals surface area contributed by atoms with Gasteiger partial charge in [0.05, 0.1) is 23.7 Å². The highest BCUT2D eigenvalue weighted by Crippen LogP contribution is 2.24. The second-order valence-electron chi connectivity index (χ2n) is 7.08. The molecule has 4 rings (SSSR count). The molecule has 1 saturated heterocycles. The lowest BCUT2D eigenvalue weighted by Crippen LogP contribution is -2.37. The molecule has 1 aromatic heterocycles. The summed E-state index contributed by atoms with van der Waals surface area (Å²) in [5, 5.41) is 4.34. The summed E-state index contributed by atoms with van der Waals surface area (Å²) in [7, 11) is -3.05. The first-order chi connectivity index (χ1) is 13.9. The van der Waals surface area contributed by atoms with Gasteiger partial charge in [-0.3, -0.25) is 4.90 Å². The Kier molecular flexibility index (Phi) is 5.62. The van der Waals surface area contributed by atoms with Crippen molar-refractivity contribution in [2.75, 3.05) is 11.5 Å². The van der Waals surface area contributed by atoms with Gasteiger partial charge in [-0.15, -0.1) is 5.10 Å². The Bertz CT molecular complexity index is 1160. The van der Waals surface area contributed by atoms with Crippen molar-refractivity contribution in [3.05, 3.63) is 70.8 Å². The van der Waals surface area contributed by atoms with Gasteiger partial charge < -0.3 is 4.42 Å². The van der Waals surface area contributed by atoms with Gasteiger partial charge in [0, 0.05) is 12.6 Å². The summed E-state index contributed by atoms with van der Waals surface area (Å²) in [6.45, 7) is 0.802. The lowest BCUT2D eigenvalue weighted by molar-refractivity contribution is 0.144. The zero-order valence-electron chi connectivity index (χ0n) is 15.6. The average Bonchev–Trinajstić information content (AvgIpc) is 3.24. The van der Waals surface area contributed by atoms with Gasteiger partial charge >= 0.3 is 0 Å². The van der Waals surface area contributed by atoms with Gasteiger partial charge in [-0.1, -0.05) is 42.5 Å². The molecule has 0 unspecified atom stereocenters. The topological polar surface area (TPSA) is 68.3 Å². The fraction of sp³-hybridized carbons (Fsp3) is 0.300. The minimum atomic E-state index is -3.05. The van der Waals surface area contributed by atoms with Gasteiger partial charge in [0.25, 0.3) is 4.84 Å². The van der Waals surface area contributed by atoms with E-state index in [-0.39, 0.29) is 40.5 Å². The van der Waals surface area contributed by atoms with Crippen molar-refractivity contribution in [2.45, 2.75) is 25.7 Å². The van der Waals surface area contributed by atoms with Crippen LogP contribution in [0, 0.1) is 10.7 Å². The molecule has 152 valence electrons. The van der Waals surface area contributed by atoms with Crippen LogP contribution >= 0.6 is 12.2 Å². The fourth-order valence-electron chi connectivity index (χ4n) is 3.49. The SMILES string of the molecule is O=S1(=O)CC[C@@H](N(Cc2ccccc2)Cn2nc(-c3ccccc3F)oc2=S)C1. The van der Waals surface area contributed by atoms with Crippen molar-refractivity contribution in [2.24, 2.45) is 0 Å². The second-order valence-corrected chi connectivity index (χ2v) is 9.66. The molecule has 6 nitrogen and oxygen atoms in total. The molecule has 9 heteroatoms. The molecule has 3 aromatic rings. The molecule has 0 bridgehead atoms. The molecule has 0 amide bonds. The normalized spacial score (nSPS) is 18.3. The fourth-order valence-corrected chi connectivity index (χ4v) is 5.43. The van der Waals surface area contributed by atoms with E-state index in [0.29, 0.717) is 13.0 Å². The van der Waals surface area contributed by atoms with Gasteiger partial charge in [0.2, 0.25) is 5.89 Å². The molecule has 29 heavy (non-hydrogen) atoms. The van der Waals surface area contributed by atoms with Gasteiger partial charge in [0.1, 0.15) is 5.82 Å². The predicted molar refractivity (Wildman–Crippen MR) is 110 cm³/mol. The van der Waals surface area contributed by atoms with Crippen LogP contribution < -0.4 is 0 Å². The van der Waals surface area contributed by atoms with E-state index < -0.39 is 15.7 Å². The van der Waals surface area contributed by atoms with E-state index >= 15 is 0 Å². The lowest BCUT2D eigenvalue weighted by Gasteiger charge is -2.27. The van der Waals surface area contributed by atoms with Crippen LogP contribution in [0.4, 0.5) is 4.39 Å². The second kappa shape index (κ2) is 8.17. The molecule has 1 fully saturated rings. The summed E-state index contributed by atoms with van der Waals surface area (Å²) in [5.74, 6) is -0.0653. The summed E-state index contributed by atoms with van der Waals surface area (Å²) in [4.78, 5) is 2.14. The number of halogens is 1. The monoisotopic (exact) mass is 433 g/mol. The van der Waals surface area contributed by atoms with Crippen LogP contribution in [0.25, 0.3) is 11.5 Å². The van der Waals surface area contributed by atoms with Crippen molar-refractivity contribution in [1.29, 1.82) is 0 Å². The summed E-state index contributed by atoms with van der Waals surface area (Å²) in [6.07, 6.45) is 0.556. The number of benzene rings is 2. The van der Waals surface area contributed by atoms with Crippen molar-refractivity contribution >= 4 is 22.1 Å². The van der Waals surface area contributed by atoms with E-state index in [2.05, 4.69) is 5.10 Å². The summed E-state index contributed by atoms with van der Waals surface area (Å²) >= 11 is 5.29. The molecule has 0 N–H and O–H groups in total. The first-order valence-corrected chi connectivity index (χ1v) is 11.5. The van der Waals surface area contributed by atoms with E-state index in [1.54, 1.807) is 18.2 Å². The number of hydrogen-bond acceptors (Lipinski definition) is 6. The number of aromatic nitrogens is 2. The number of sulfone groups is 1. The Morgan fingerprint density at radius 2 is 1.90 bits per heavy atom. The van der Waals surface area contributed by atoms with Crippen LogP contribution in [-0.4, -0.2) is 40.6 Å². The molecule has 0 aliphatic carbocycles. The largest absolute Gasteiger partial charge is 0.409 e. The standard InChI is InChI=1S/C20H20FN3O3S2/c21-18-9-5-4-8-17(18)19-22-24(20(28)27-19)14-23(12-15-6-2-1-3-7-15)16-10-11-29(25,26)13-16/h1-9,16H,10-14H2/t16-/m1/s1. The molecular weight excluding hydrogens is 413 g/mol. The zero-order valence-corrected chi connectivity index (χ0v) is 17.2. The Morgan fingerprint density at radius 1 is 1.17 bits per heavy atom. The highest BCUT2D eigenvalue weighted by Gasteiger charge is 2.33. The first-order valence-electron chi connectivity index (χ1n) is 9.22. The third kappa shape index (κ3) is 4.63. The maximum absolute atomic E-state index is 14.1. The van der Waals surface area contributed by atoms with E-state index in [9.17, 15) is 12.8 Å². The maximum atomic E-state index is 14.1. The number of hydrogen-bond donors (Lipinski definition) is 0. The Morgan fingerprint density at radius 3 is 2.59 bits per heavy atom. The Hall–Kier alpha value is -2.36. The summed E-state index contributed by atoms with van der Waals surface area (Å²) in [5.41, 5.74) is 1.29. The minimum Gasteiger partial charge on any atom is -0.409 e. The van der Waals surface area contributed by atoms with Crippen molar-refractivity contribution in [3.63, 3.8) is 0 Å². The van der Waals surface area contributed by atoms with Gasteiger partial charge in [-0.05, 0) is 36.3 Å². The predicted octanol–water partition coefficient (Wildman–Crippen LogP) is 3.66. The third-order valence-corrected chi connectivity index (χ3v) is 7.02. The maximum Gasteiger partial charge on any atom is 0.288 e. The lowest BCUT2D eigenvalue weighted by atomic mass is 10.1. The summed E-state index contributed by atoms with van der Waals surface area (Å²) in [6, 6.07) is 15.8. The minimum absolute atomic E-state index is 0.102. The van der Waals surface area contributed by atoms with Crippen LogP contribution in [0.5, 0.6) is 0 Å².